The number of halogens is 1. The molecule has 0 saturated heterocycles. The number of anilines is 1. The summed E-state index contributed by atoms with van der Waals surface area (Å²) in [5.41, 5.74) is 3.38. The molecule has 33 heavy (non-hydrogen) atoms. The Bertz CT molecular complexity index is 1050. The molecule has 1 unspecified atom stereocenters. The van der Waals surface area contributed by atoms with Crippen LogP contribution >= 0.6 is 11.6 Å². The normalized spacial score (nSPS) is 18.4. The molecule has 0 spiro atoms. The van der Waals surface area contributed by atoms with Gasteiger partial charge in [-0.3, -0.25) is 15.3 Å². The van der Waals surface area contributed by atoms with Crippen molar-refractivity contribution in [2.24, 2.45) is 9.98 Å². The molecule has 1 amide bonds. The van der Waals surface area contributed by atoms with Gasteiger partial charge >= 0.3 is 6.09 Å². The molecular weight excluding hydrogens is 456 g/mol. The van der Waals surface area contributed by atoms with Gasteiger partial charge in [-0.05, 0) is 51.9 Å². The summed E-state index contributed by atoms with van der Waals surface area (Å²) >= 11 is 6.77. The first kappa shape index (κ1) is 25.3. The number of carbonyl (C=O) groups is 1. The maximum Gasteiger partial charge on any atom is 0.413 e. The Kier molecular flexibility index (Phi) is 7.61. The number of nitrogens with one attached hydrogen (secondary N) is 1. The van der Waals surface area contributed by atoms with Crippen LogP contribution in [0.15, 0.2) is 50.7 Å². The number of ether oxygens (including phenoxy) is 2. The Labute approximate surface area is 202 Å². The lowest BCUT2D eigenvalue weighted by atomic mass is 9.97. The quantitative estimate of drug-likeness (QED) is 0.388. The zero-order valence-corrected chi connectivity index (χ0v) is 22.2. The number of rotatable bonds is 7. The summed E-state index contributed by atoms with van der Waals surface area (Å²) in [4.78, 5) is 25.9. The third-order valence-electron chi connectivity index (χ3n) is 4.91. The van der Waals surface area contributed by atoms with Crippen LogP contribution in [0.2, 0.25) is 25.7 Å². The van der Waals surface area contributed by atoms with E-state index in [4.69, 9.17) is 26.1 Å². The summed E-state index contributed by atoms with van der Waals surface area (Å²) in [5.74, 6) is 0.361. The van der Waals surface area contributed by atoms with E-state index in [1.54, 1.807) is 33.0 Å². The molecule has 1 atom stereocenters. The second-order valence-electron chi connectivity index (χ2n) is 10.4. The second-order valence-corrected chi connectivity index (χ2v) is 16.4. The van der Waals surface area contributed by atoms with Crippen molar-refractivity contribution >= 4 is 43.0 Å². The van der Waals surface area contributed by atoms with Gasteiger partial charge in [0.2, 0.25) is 0 Å². The first-order valence-electron chi connectivity index (χ1n) is 11.1. The molecular formula is C24H33ClN4O3Si. The number of hydrogen-bond donors (Lipinski definition) is 1. The van der Waals surface area contributed by atoms with Gasteiger partial charge < -0.3 is 9.47 Å². The Balaban J connectivity index is 1.83. The number of carbonyl (C=O) groups excluding carboxylic acids is 1. The largest absolute Gasteiger partial charge is 0.444 e. The third-order valence-corrected chi connectivity index (χ3v) is 6.99. The molecule has 2 aliphatic heterocycles. The number of aromatic nitrogens is 1. The molecule has 0 aromatic carbocycles. The Hall–Kier alpha value is -2.29. The molecule has 178 valence electrons. The first-order valence-corrected chi connectivity index (χ1v) is 15.2. The fraction of sp³-hybridized carbons (Fsp3) is 0.500. The van der Waals surface area contributed by atoms with E-state index in [9.17, 15) is 4.79 Å². The fourth-order valence-electron chi connectivity index (χ4n) is 3.34. The van der Waals surface area contributed by atoms with Crippen molar-refractivity contribution in [1.82, 2.24) is 4.98 Å². The minimum Gasteiger partial charge on any atom is -0.444 e. The van der Waals surface area contributed by atoms with Crippen LogP contribution in [-0.2, 0) is 9.47 Å². The zero-order chi connectivity index (χ0) is 24.4. The van der Waals surface area contributed by atoms with Gasteiger partial charge in [0.25, 0.3) is 0 Å². The minimum absolute atomic E-state index is 0.247. The van der Waals surface area contributed by atoms with E-state index in [0.29, 0.717) is 29.8 Å². The second kappa shape index (κ2) is 9.91. The van der Waals surface area contributed by atoms with Gasteiger partial charge in [-0.2, -0.15) is 0 Å². The van der Waals surface area contributed by atoms with Crippen molar-refractivity contribution in [2.75, 3.05) is 18.5 Å². The van der Waals surface area contributed by atoms with E-state index in [1.165, 1.54) is 0 Å². The van der Waals surface area contributed by atoms with Gasteiger partial charge in [-0.15, -0.1) is 0 Å². The van der Waals surface area contributed by atoms with Crippen LogP contribution in [0, 0.1) is 0 Å². The van der Waals surface area contributed by atoms with E-state index in [1.807, 2.05) is 19.1 Å². The molecule has 3 rings (SSSR count). The summed E-state index contributed by atoms with van der Waals surface area (Å²) in [7, 11) is -1.18. The van der Waals surface area contributed by atoms with Crippen molar-refractivity contribution in [3.05, 3.63) is 46.3 Å². The standard InChI is InChI=1S/C24H33ClN4O3Si/c1-15-12-17-20(25)21(28-18(22(17)27-15)14-31-10-11-33(5,6)7)16-8-9-26-19(13-16)29-23(30)32-24(2,3)4/h8-9,12-13,18H,10-11,14H2,1-7H3,(H,26,29,30). The molecule has 2 aliphatic rings. The van der Waals surface area contributed by atoms with E-state index in [-0.39, 0.29) is 6.04 Å². The number of aliphatic imine (C=N–C) groups is 2. The van der Waals surface area contributed by atoms with Gasteiger partial charge in [0.15, 0.2) is 0 Å². The average molecular weight is 489 g/mol. The number of dihydropyridines is 1. The maximum absolute atomic E-state index is 12.2. The highest BCUT2D eigenvalue weighted by molar-refractivity contribution is 6.76. The number of hydrogen-bond acceptors (Lipinski definition) is 6. The fourth-order valence-corrected chi connectivity index (χ4v) is 4.41. The number of pyridine rings is 1. The van der Waals surface area contributed by atoms with E-state index in [0.717, 1.165) is 28.6 Å². The summed E-state index contributed by atoms with van der Waals surface area (Å²) in [6, 6.07) is 4.40. The van der Waals surface area contributed by atoms with Gasteiger partial charge in [-0.25, -0.2) is 9.78 Å². The summed E-state index contributed by atoms with van der Waals surface area (Å²) in [5, 5.41) is 3.20. The van der Waals surface area contributed by atoms with E-state index in [2.05, 4.69) is 34.9 Å². The lowest BCUT2D eigenvalue weighted by Gasteiger charge is -2.24. The van der Waals surface area contributed by atoms with Crippen LogP contribution in [0.4, 0.5) is 10.6 Å². The predicted molar refractivity (Wildman–Crippen MR) is 137 cm³/mol. The van der Waals surface area contributed by atoms with Crippen LogP contribution in [-0.4, -0.2) is 55.4 Å². The molecule has 0 aliphatic carbocycles. The molecule has 1 aromatic rings. The average Bonchev–Trinajstić information content (AvgIpc) is 3.07. The molecule has 0 bridgehead atoms. The van der Waals surface area contributed by atoms with Crippen LogP contribution in [0.5, 0.6) is 0 Å². The van der Waals surface area contributed by atoms with Crippen molar-refractivity contribution in [3.8, 4) is 0 Å². The van der Waals surface area contributed by atoms with Crippen LogP contribution in [0.1, 0.15) is 33.3 Å². The lowest BCUT2D eigenvalue weighted by Crippen LogP contribution is -2.32. The highest BCUT2D eigenvalue weighted by atomic mass is 35.5. The number of allylic oxidation sites excluding steroid dienone is 3. The topological polar surface area (TPSA) is 85.2 Å². The highest BCUT2D eigenvalue weighted by Gasteiger charge is 2.32. The molecule has 3 heterocycles. The Morgan fingerprint density at radius 1 is 1.27 bits per heavy atom. The smallest absolute Gasteiger partial charge is 0.413 e. The van der Waals surface area contributed by atoms with Crippen LogP contribution in [0.3, 0.4) is 0 Å². The van der Waals surface area contributed by atoms with Crippen LogP contribution in [0.25, 0.3) is 0 Å². The van der Waals surface area contributed by atoms with E-state index < -0.39 is 19.8 Å². The van der Waals surface area contributed by atoms with Crippen molar-refractivity contribution in [3.63, 3.8) is 0 Å². The number of amides is 1. The summed E-state index contributed by atoms with van der Waals surface area (Å²) in [6.07, 6.45) is 3.01. The summed E-state index contributed by atoms with van der Waals surface area (Å²) < 4.78 is 11.3. The monoisotopic (exact) mass is 488 g/mol. The molecule has 7 nitrogen and oxygen atoms in total. The molecule has 0 saturated carbocycles. The Morgan fingerprint density at radius 2 is 2.00 bits per heavy atom. The molecule has 0 radical (unpaired) electrons. The Morgan fingerprint density at radius 3 is 2.67 bits per heavy atom. The minimum atomic E-state index is -1.18. The molecule has 0 fully saturated rings. The predicted octanol–water partition coefficient (Wildman–Crippen LogP) is 5.81. The SMILES string of the molecule is CC1=CC2=C(Cl)C(c3ccnc(NC(=O)OC(C)(C)C)c3)=NC(COCC[Si](C)(C)C)C2=N1. The van der Waals surface area contributed by atoms with Crippen molar-refractivity contribution in [1.29, 1.82) is 0 Å². The van der Waals surface area contributed by atoms with Gasteiger partial charge in [0.05, 0.1) is 23.1 Å². The highest BCUT2D eigenvalue weighted by Crippen LogP contribution is 2.32. The number of fused-ring (bicyclic) bond motifs is 1. The maximum atomic E-state index is 12.2. The third kappa shape index (κ3) is 7.09. The first-order chi connectivity index (χ1) is 15.3. The van der Waals surface area contributed by atoms with Gasteiger partial charge in [-0.1, -0.05) is 31.2 Å². The van der Waals surface area contributed by atoms with Gasteiger partial charge in [0, 0.05) is 37.7 Å². The molecule has 1 aromatic heterocycles. The molecule has 9 heteroatoms. The molecule has 1 N–H and O–H groups in total. The van der Waals surface area contributed by atoms with E-state index >= 15 is 0 Å². The summed E-state index contributed by atoms with van der Waals surface area (Å²) in [6.45, 7) is 15.5. The van der Waals surface area contributed by atoms with Crippen LogP contribution < -0.4 is 5.32 Å². The van der Waals surface area contributed by atoms with Gasteiger partial charge in [0.1, 0.15) is 17.5 Å². The lowest BCUT2D eigenvalue weighted by molar-refractivity contribution is 0.0635. The number of nitrogens with zero attached hydrogens (tertiary/aromatic N) is 3. The van der Waals surface area contributed by atoms with Crippen molar-refractivity contribution < 1.29 is 14.3 Å². The van der Waals surface area contributed by atoms with Crippen molar-refractivity contribution in [2.45, 2.75) is 65.0 Å². The zero-order valence-electron chi connectivity index (χ0n) is 20.5.